The molecule has 4 heteroatoms. The number of hydrogen-bond acceptors (Lipinski definition) is 3. The molecule has 0 aromatic heterocycles. The van der Waals surface area contributed by atoms with E-state index in [2.05, 4.69) is 0 Å². The molecule has 0 unspecified atom stereocenters. The molecule has 4 nitrogen and oxygen atoms in total. The number of hydrogen-bond donors (Lipinski definition) is 1. The van der Waals surface area contributed by atoms with Crippen molar-refractivity contribution in [2.45, 2.75) is 25.7 Å². The molecule has 0 heterocycles. The van der Waals surface area contributed by atoms with E-state index in [4.69, 9.17) is 9.84 Å². The first kappa shape index (κ1) is 13.2. The van der Waals surface area contributed by atoms with Crippen LogP contribution in [0, 0.1) is 0 Å². The number of rotatable bonds is 8. The Balaban J connectivity index is 2.13. The van der Waals surface area contributed by atoms with E-state index in [0.29, 0.717) is 24.3 Å². The second kappa shape index (κ2) is 7.44. The van der Waals surface area contributed by atoms with Gasteiger partial charge in [-0.15, -0.1) is 0 Å². The maximum Gasteiger partial charge on any atom is 0.303 e. The molecule has 17 heavy (non-hydrogen) atoms. The fraction of sp³-hybridized carbons (Fsp3) is 0.385. The van der Waals surface area contributed by atoms with Crippen LogP contribution in [0.2, 0.25) is 0 Å². The van der Waals surface area contributed by atoms with Crippen LogP contribution in [-0.4, -0.2) is 24.0 Å². The summed E-state index contributed by atoms with van der Waals surface area (Å²) in [5, 5.41) is 8.43. The van der Waals surface area contributed by atoms with Crippen LogP contribution in [0.5, 0.6) is 5.75 Å². The van der Waals surface area contributed by atoms with Gasteiger partial charge in [-0.3, -0.25) is 9.59 Å². The number of unbranched alkanes of at least 4 members (excludes halogenated alkanes) is 2. The molecule has 1 radical (unpaired) electrons. The summed E-state index contributed by atoms with van der Waals surface area (Å²) in [6, 6.07) is 6.73. The summed E-state index contributed by atoms with van der Waals surface area (Å²) in [5.74, 6) is -0.0474. The highest BCUT2D eigenvalue weighted by Crippen LogP contribution is 2.11. The molecule has 0 aliphatic carbocycles. The van der Waals surface area contributed by atoms with Gasteiger partial charge < -0.3 is 9.84 Å². The molecule has 0 aliphatic rings. The van der Waals surface area contributed by atoms with Gasteiger partial charge in [0.25, 0.3) is 0 Å². The first-order valence-corrected chi connectivity index (χ1v) is 5.55. The number of ether oxygens (including phenoxy) is 1. The molecule has 1 rings (SSSR count). The third-order valence-corrected chi connectivity index (χ3v) is 2.28. The van der Waals surface area contributed by atoms with E-state index in [0.717, 1.165) is 12.8 Å². The number of aliphatic carboxylic acids is 1. The average molecular weight is 235 g/mol. The number of carbonyl (C=O) groups excluding carboxylic acids is 1. The zero-order chi connectivity index (χ0) is 12.5. The lowest BCUT2D eigenvalue weighted by Crippen LogP contribution is -1.99. The summed E-state index contributed by atoms with van der Waals surface area (Å²) in [6.07, 6.45) is 4.35. The van der Waals surface area contributed by atoms with Crippen LogP contribution in [0.15, 0.2) is 24.3 Å². The van der Waals surface area contributed by atoms with Crippen molar-refractivity contribution >= 4 is 12.3 Å². The molecule has 0 spiro atoms. The maximum atomic E-state index is 10.3. The molecule has 1 N–H and O–H groups in total. The highest BCUT2D eigenvalue weighted by atomic mass is 16.5. The Morgan fingerprint density at radius 1 is 1.18 bits per heavy atom. The summed E-state index contributed by atoms with van der Waals surface area (Å²) in [4.78, 5) is 20.5. The van der Waals surface area contributed by atoms with Crippen LogP contribution in [0.3, 0.4) is 0 Å². The molecule has 1 aromatic carbocycles. The first-order chi connectivity index (χ1) is 8.22. The predicted molar refractivity (Wildman–Crippen MR) is 62.8 cm³/mol. The van der Waals surface area contributed by atoms with Crippen LogP contribution in [0.4, 0.5) is 0 Å². The van der Waals surface area contributed by atoms with E-state index >= 15 is 0 Å². The van der Waals surface area contributed by atoms with Crippen LogP contribution in [0.1, 0.15) is 31.2 Å². The van der Waals surface area contributed by atoms with Gasteiger partial charge in [-0.25, -0.2) is 0 Å². The first-order valence-electron chi connectivity index (χ1n) is 5.55. The van der Waals surface area contributed by atoms with Crippen molar-refractivity contribution in [1.82, 2.24) is 0 Å². The summed E-state index contributed by atoms with van der Waals surface area (Å²) in [5.41, 5.74) is 0.499. The van der Waals surface area contributed by atoms with E-state index < -0.39 is 5.97 Å². The quantitative estimate of drug-likeness (QED) is 0.701. The molecule has 0 saturated carbocycles. The van der Waals surface area contributed by atoms with Gasteiger partial charge in [-0.05, 0) is 43.5 Å². The predicted octanol–water partition coefficient (Wildman–Crippen LogP) is 2.17. The van der Waals surface area contributed by atoms with Gasteiger partial charge >= 0.3 is 5.97 Å². The second-order valence-corrected chi connectivity index (χ2v) is 3.68. The van der Waals surface area contributed by atoms with Crippen LogP contribution >= 0.6 is 0 Å². The van der Waals surface area contributed by atoms with E-state index in [9.17, 15) is 9.59 Å². The molecule has 0 saturated heterocycles. The summed E-state index contributed by atoms with van der Waals surface area (Å²) < 4.78 is 5.44. The Morgan fingerprint density at radius 3 is 2.47 bits per heavy atom. The van der Waals surface area contributed by atoms with E-state index in [1.807, 2.05) is 0 Å². The van der Waals surface area contributed by atoms with Crippen molar-refractivity contribution in [3.8, 4) is 5.75 Å². The normalized spacial score (nSPS) is 9.88. The van der Waals surface area contributed by atoms with Gasteiger partial charge in [0.1, 0.15) is 5.75 Å². The standard InChI is InChI=1S/C13H15O4/c14-10-11-5-7-12(8-6-11)17-9-3-1-2-4-13(15)16/h5-8H,1-4,9H2,(H,15,16). The molecule has 1 aromatic rings. The highest BCUT2D eigenvalue weighted by molar-refractivity contribution is 5.75. The molecular weight excluding hydrogens is 220 g/mol. The molecular formula is C13H15O4. The van der Waals surface area contributed by atoms with Crippen molar-refractivity contribution in [2.24, 2.45) is 0 Å². The Labute approximate surface area is 100 Å². The molecule has 0 amide bonds. The van der Waals surface area contributed by atoms with Crippen molar-refractivity contribution in [2.75, 3.05) is 6.61 Å². The highest BCUT2D eigenvalue weighted by Gasteiger charge is 1.98. The Kier molecular flexibility index (Phi) is 5.79. The number of benzene rings is 1. The van der Waals surface area contributed by atoms with Crippen LogP contribution < -0.4 is 4.74 Å². The van der Waals surface area contributed by atoms with Crippen molar-refractivity contribution < 1.29 is 19.4 Å². The second-order valence-electron chi connectivity index (χ2n) is 3.68. The SMILES string of the molecule is O=[C]c1ccc(OCCCCCC(=O)O)cc1. The Bertz CT molecular complexity index is 356. The smallest absolute Gasteiger partial charge is 0.303 e. The van der Waals surface area contributed by atoms with Crippen molar-refractivity contribution in [1.29, 1.82) is 0 Å². The number of carboxylic acids is 1. The number of carbonyl (C=O) groups is 1. The average Bonchev–Trinajstić information content (AvgIpc) is 2.34. The number of carboxylic acid groups (broad SMARTS) is 1. The van der Waals surface area contributed by atoms with Gasteiger partial charge in [0.15, 0.2) is 0 Å². The van der Waals surface area contributed by atoms with Crippen LogP contribution in [0.25, 0.3) is 0 Å². The molecule has 0 atom stereocenters. The third kappa shape index (κ3) is 5.70. The largest absolute Gasteiger partial charge is 0.494 e. The van der Waals surface area contributed by atoms with Crippen molar-refractivity contribution in [3.63, 3.8) is 0 Å². The Hall–Kier alpha value is -1.84. The van der Waals surface area contributed by atoms with E-state index in [-0.39, 0.29) is 6.42 Å². The summed E-state index contributed by atoms with van der Waals surface area (Å²) in [7, 11) is 0. The molecule has 0 aliphatic heterocycles. The lowest BCUT2D eigenvalue weighted by atomic mass is 10.2. The van der Waals surface area contributed by atoms with Crippen molar-refractivity contribution in [3.05, 3.63) is 29.8 Å². The van der Waals surface area contributed by atoms with Gasteiger partial charge in [-0.1, -0.05) is 0 Å². The van der Waals surface area contributed by atoms with E-state index in [1.165, 1.54) is 0 Å². The zero-order valence-corrected chi connectivity index (χ0v) is 9.52. The van der Waals surface area contributed by atoms with Gasteiger partial charge in [0.2, 0.25) is 6.29 Å². The molecule has 0 bridgehead atoms. The summed E-state index contributed by atoms with van der Waals surface area (Å²) in [6.45, 7) is 0.559. The summed E-state index contributed by atoms with van der Waals surface area (Å²) >= 11 is 0. The minimum Gasteiger partial charge on any atom is -0.494 e. The van der Waals surface area contributed by atoms with E-state index in [1.54, 1.807) is 30.6 Å². The fourth-order valence-corrected chi connectivity index (χ4v) is 1.36. The van der Waals surface area contributed by atoms with Gasteiger partial charge in [0, 0.05) is 12.0 Å². The molecule has 91 valence electrons. The zero-order valence-electron chi connectivity index (χ0n) is 9.52. The van der Waals surface area contributed by atoms with Crippen LogP contribution in [-0.2, 0) is 9.59 Å². The minimum atomic E-state index is -0.758. The minimum absolute atomic E-state index is 0.212. The lowest BCUT2D eigenvalue weighted by Gasteiger charge is -2.05. The monoisotopic (exact) mass is 235 g/mol. The van der Waals surface area contributed by atoms with Gasteiger partial charge in [-0.2, -0.15) is 0 Å². The lowest BCUT2D eigenvalue weighted by molar-refractivity contribution is -0.137. The van der Waals surface area contributed by atoms with Gasteiger partial charge in [0.05, 0.1) is 6.61 Å². The Morgan fingerprint density at radius 2 is 1.88 bits per heavy atom. The fourth-order valence-electron chi connectivity index (χ4n) is 1.36. The third-order valence-electron chi connectivity index (χ3n) is 2.28. The molecule has 0 fully saturated rings. The maximum absolute atomic E-state index is 10.3. The topological polar surface area (TPSA) is 63.6 Å².